The molecular weight excluding hydrogens is 356 g/mol. The van der Waals surface area contributed by atoms with Crippen molar-refractivity contribution in [1.82, 2.24) is 14.3 Å². The minimum Gasteiger partial charge on any atom is -0.447 e. The fraction of sp³-hybridized carbons (Fsp3) is 0.706. The molecule has 0 bridgehead atoms. The predicted molar refractivity (Wildman–Crippen MR) is 97.6 cm³/mol. The summed E-state index contributed by atoms with van der Waals surface area (Å²) in [6.07, 6.45) is 2.28. The van der Waals surface area contributed by atoms with E-state index in [1.165, 1.54) is 10.6 Å². The van der Waals surface area contributed by atoms with Crippen LogP contribution in [0.15, 0.2) is 6.07 Å². The predicted octanol–water partition coefficient (Wildman–Crippen LogP) is 1.91. The maximum absolute atomic E-state index is 12.2. The van der Waals surface area contributed by atoms with Crippen LogP contribution in [-0.2, 0) is 14.8 Å². The molecule has 1 aromatic heterocycles. The van der Waals surface area contributed by atoms with Gasteiger partial charge in [0, 0.05) is 30.8 Å². The molecular formula is C17H26N4O4S. The second kappa shape index (κ2) is 7.11. The number of aromatic nitrogens is 2. The van der Waals surface area contributed by atoms with Crippen molar-refractivity contribution in [2.45, 2.75) is 45.6 Å². The highest BCUT2D eigenvalue weighted by Gasteiger charge is 2.37. The van der Waals surface area contributed by atoms with Gasteiger partial charge in [0.2, 0.25) is 10.0 Å². The van der Waals surface area contributed by atoms with Gasteiger partial charge in [0.1, 0.15) is 18.2 Å². The maximum atomic E-state index is 12.2. The third kappa shape index (κ3) is 3.83. The number of nitrogens with zero attached hydrogens (tertiary/aromatic N) is 4. The summed E-state index contributed by atoms with van der Waals surface area (Å²) in [6.45, 7) is 7.25. The van der Waals surface area contributed by atoms with Crippen molar-refractivity contribution in [3.63, 3.8) is 0 Å². The van der Waals surface area contributed by atoms with Crippen molar-refractivity contribution >= 4 is 21.9 Å². The summed E-state index contributed by atoms with van der Waals surface area (Å²) >= 11 is 0. The molecule has 9 heteroatoms. The number of hydrogen-bond acceptors (Lipinski definition) is 6. The summed E-state index contributed by atoms with van der Waals surface area (Å²) in [4.78, 5) is 22.8. The van der Waals surface area contributed by atoms with Crippen LogP contribution in [0.5, 0.6) is 0 Å². The van der Waals surface area contributed by atoms with Gasteiger partial charge in [-0.3, -0.25) is 4.90 Å². The van der Waals surface area contributed by atoms with Crippen LogP contribution in [0.1, 0.15) is 44.1 Å². The van der Waals surface area contributed by atoms with Gasteiger partial charge in [0.25, 0.3) is 0 Å². The van der Waals surface area contributed by atoms with Crippen molar-refractivity contribution in [1.29, 1.82) is 0 Å². The van der Waals surface area contributed by atoms with E-state index in [0.717, 1.165) is 5.69 Å². The largest absolute Gasteiger partial charge is 0.447 e. The first kappa shape index (κ1) is 19.0. The maximum Gasteiger partial charge on any atom is 0.415 e. The number of ether oxygens (including phenoxy) is 1. The number of amides is 1. The lowest BCUT2D eigenvalue weighted by Crippen LogP contribution is -2.38. The fourth-order valence-corrected chi connectivity index (χ4v) is 4.45. The van der Waals surface area contributed by atoms with E-state index in [2.05, 4.69) is 23.8 Å². The number of carbonyl (C=O) groups excluding carboxylic acids is 1. The van der Waals surface area contributed by atoms with E-state index in [1.54, 1.807) is 4.90 Å². The summed E-state index contributed by atoms with van der Waals surface area (Å²) in [5, 5.41) is 0. The lowest BCUT2D eigenvalue weighted by molar-refractivity contribution is 0.177. The van der Waals surface area contributed by atoms with Crippen molar-refractivity contribution in [2.75, 3.05) is 30.9 Å². The Morgan fingerprint density at radius 2 is 1.88 bits per heavy atom. The van der Waals surface area contributed by atoms with Crippen LogP contribution >= 0.6 is 0 Å². The van der Waals surface area contributed by atoms with Gasteiger partial charge in [0.05, 0.1) is 12.3 Å². The Morgan fingerprint density at radius 3 is 2.46 bits per heavy atom. The van der Waals surface area contributed by atoms with Gasteiger partial charge < -0.3 is 4.74 Å². The molecule has 2 fully saturated rings. The second-order valence-electron chi connectivity index (χ2n) is 7.39. The SMILES string of the molecule is Cc1nc(C2CCN(S(C)(=O)=O)CC2)cc(N2C(=O)OCC2C(C)C)n1. The number of piperidine rings is 1. The number of rotatable bonds is 4. The van der Waals surface area contributed by atoms with E-state index in [4.69, 9.17) is 4.74 Å². The van der Waals surface area contributed by atoms with Crippen LogP contribution in [0.2, 0.25) is 0 Å². The highest BCUT2D eigenvalue weighted by atomic mass is 32.2. The van der Waals surface area contributed by atoms with Gasteiger partial charge in [-0.2, -0.15) is 0 Å². The standard InChI is InChI=1S/C17H26N4O4S/c1-11(2)15-10-25-17(22)21(15)16-9-14(18-12(3)19-16)13-5-7-20(8-6-13)26(4,23)24/h9,11,13,15H,5-8,10H2,1-4H3. The van der Waals surface area contributed by atoms with Gasteiger partial charge in [-0.1, -0.05) is 13.8 Å². The molecule has 0 saturated carbocycles. The van der Waals surface area contributed by atoms with Crippen LogP contribution in [0.3, 0.4) is 0 Å². The first-order valence-electron chi connectivity index (χ1n) is 8.93. The lowest BCUT2D eigenvalue weighted by atomic mass is 9.94. The molecule has 2 aliphatic rings. The third-order valence-electron chi connectivity index (χ3n) is 5.11. The third-order valence-corrected chi connectivity index (χ3v) is 6.41. The number of carbonyl (C=O) groups is 1. The molecule has 8 nitrogen and oxygen atoms in total. The Kier molecular flexibility index (Phi) is 5.21. The quantitative estimate of drug-likeness (QED) is 0.790. The first-order chi connectivity index (χ1) is 12.2. The normalized spacial score (nSPS) is 22.9. The van der Waals surface area contributed by atoms with E-state index >= 15 is 0 Å². The lowest BCUT2D eigenvalue weighted by Gasteiger charge is -2.30. The smallest absolute Gasteiger partial charge is 0.415 e. The van der Waals surface area contributed by atoms with Crippen LogP contribution in [0.4, 0.5) is 10.6 Å². The van der Waals surface area contributed by atoms with Crippen molar-refractivity contribution in [3.05, 3.63) is 17.6 Å². The van der Waals surface area contributed by atoms with Crippen LogP contribution in [0.25, 0.3) is 0 Å². The minimum atomic E-state index is -3.15. The number of hydrogen-bond donors (Lipinski definition) is 0. The van der Waals surface area contributed by atoms with Gasteiger partial charge in [-0.25, -0.2) is 27.5 Å². The molecule has 0 radical (unpaired) electrons. The molecule has 26 heavy (non-hydrogen) atoms. The van der Waals surface area contributed by atoms with Gasteiger partial charge in [-0.05, 0) is 25.7 Å². The van der Waals surface area contributed by atoms with Crippen LogP contribution < -0.4 is 4.90 Å². The summed E-state index contributed by atoms with van der Waals surface area (Å²) in [5.41, 5.74) is 0.864. The summed E-state index contributed by atoms with van der Waals surface area (Å²) in [7, 11) is -3.15. The van der Waals surface area contributed by atoms with Crippen molar-refractivity contribution in [3.8, 4) is 0 Å². The first-order valence-corrected chi connectivity index (χ1v) is 10.8. The molecule has 2 saturated heterocycles. The molecule has 1 unspecified atom stereocenters. The van der Waals surface area contributed by atoms with Crippen LogP contribution in [0, 0.1) is 12.8 Å². The Hall–Kier alpha value is -1.74. The van der Waals surface area contributed by atoms with E-state index in [9.17, 15) is 13.2 Å². The molecule has 0 spiro atoms. The van der Waals surface area contributed by atoms with Gasteiger partial charge in [0.15, 0.2) is 0 Å². The second-order valence-corrected chi connectivity index (χ2v) is 9.38. The molecule has 3 heterocycles. The summed E-state index contributed by atoms with van der Waals surface area (Å²) < 4.78 is 30.1. The van der Waals surface area contributed by atoms with E-state index in [0.29, 0.717) is 44.2 Å². The number of cyclic esters (lactones) is 1. The van der Waals surface area contributed by atoms with E-state index in [-0.39, 0.29) is 24.0 Å². The highest BCUT2D eigenvalue weighted by molar-refractivity contribution is 7.88. The Labute approximate surface area is 154 Å². The molecule has 3 rings (SSSR count). The molecule has 1 amide bonds. The van der Waals surface area contributed by atoms with Gasteiger partial charge in [-0.15, -0.1) is 0 Å². The Morgan fingerprint density at radius 1 is 1.23 bits per heavy atom. The summed E-state index contributed by atoms with van der Waals surface area (Å²) in [6, 6.07) is 1.81. The Balaban J connectivity index is 1.84. The summed E-state index contributed by atoms with van der Waals surface area (Å²) in [5.74, 6) is 1.58. The molecule has 0 N–H and O–H groups in total. The molecule has 1 aromatic rings. The highest BCUT2D eigenvalue weighted by Crippen LogP contribution is 2.32. The monoisotopic (exact) mass is 382 g/mol. The van der Waals surface area contributed by atoms with E-state index < -0.39 is 10.0 Å². The topological polar surface area (TPSA) is 92.7 Å². The van der Waals surface area contributed by atoms with Crippen molar-refractivity contribution < 1.29 is 17.9 Å². The molecule has 1 atom stereocenters. The number of anilines is 1. The molecule has 0 aliphatic carbocycles. The number of aryl methyl sites for hydroxylation is 1. The Bertz CT molecular complexity index is 788. The number of sulfonamides is 1. The minimum absolute atomic E-state index is 0.0447. The fourth-order valence-electron chi connectivity index (χ4n) is 3.58. The van der Waals surface area contributed by atoms with E-state index in [1.807, 2.05) is 13.0 Å². The van der Waals surface area contributed by atoms with Crippen molar-refractivity contribution in [2.24, 2.45) is 5.92 Å². The van der Waals surface area contributed by atoms with Gasteiger partial charge >= 0.3 is 6.09 Å². The molecule has 0 aromatic carbocycles. The average molecular weight is 382 g/mol. The molecule has 2 aliphatic heterocycles. The molecule has 144 valence electrons. The zero-order valence-electron chi connectivity index (χ0n) is 15.7. The zero-order chi connectivity index (χ0) is 19.1. The zero-order valence-corrected chi connectivity index (χ0v) is 16.5. The average Bonchev–Trinajstić information content (AvgIpc) is 2.95. The van der Waals surface area contributed by atoms with Crippen LogP contribution in [-0.4, -0.2) is 60.8 Å².